The van der Waals surface area contributed by atoms with Gasteiger partial charge in [0.15, 0.2) is 12.2 Å². The summed E-state index contributed by atoms with van der Waals surface area (Å²) in [5, 5.41) is 5.75. The topological polar surface area (TPSA) is 120 Å². The number of nitrogens with one attached hydrogen (secondary N) is 4. The largest absolute Gasteiger partial charge is 1.00 e. The van der Waals surface area contributed by atoms with E-state index in [0.29, 0.717) is 18.0 Å². The molecule has 0 spiro atoms. The third-order valence-corrected chi connectivity index (χ3v) is 5.42. The molecule has 3 rings (SSSR count). The highest BCUT2D eigenvalue weighted by Crippen LogP contribution is 2.22. The molecule has 1 unspecified atom stereocenters. The van der Waals surface area contributed by atoms with Gasteiger partial charge < -0.3 is 40.8 Å². The summed E-state index contributed by atoms with van der Waals surface area (Å²) in [5.41, 5.74) is 6.80. The molecule has 2 aromatic heterocycles. The first kappa shape index (κ1) is 34.8. The molecule has 37 heavy (non-hydrogen) atoms. The number of rotatable bonds is 10. The van der Waals surface area contributed by atoms with E-state index in [4.69, 9.17) is 28.9 Å². The molecule has 0 fully saturated rings. The van der Waals surface area contributed by atoms with E-state index in [-0.39, 0.29) is 67.0 Å². The van der Waals surface area contributed by atoms with E-state index in [1.807, 2.05) is 6.07 Å². The van der Waals surface area contributed by atoms with Crippen LogP contribution in [0, 0.1) is 0 Å². The second kappa shape index (κ2) is 16.6. The molecule has 0 saturated carbocycles. The number of anilines is 1. The van der Waals surface area contributed by atoms with Gasteiger partial charge in [0.1, 0.15) is 17.5 Å². The lowest BCUT2D eigenvalue weighted by molar-refractivity contribution is -0.671. The van der Waals surface area contributed by atoms with Crippen LogP contribution in [0.5, 0.6) is 0 Å². The zero-order valence-electron chi connectivity index (χ0n) is 19.1. The van der Waals surface area contributed by atoms with Crippen molar-refractivity contribution in [2.24, 2.45) is 5.73 Å². The lowest BCUT2D eigenvalue weighted by Crippen LogP contribution is -3.00. The van der Waals surface area contributed by atoms with Crippen molar-refractivity contribution in [3.05, 3.63) is 86.1 Å². The molecule has 204 valence electrons. The standard InChI is InChI=1S/C22H22Cl2F2N6O2.3ClH/c23-15-5-4-13(6-7-27)14(9-15)10-29-18(33)12-32-11-17(24)30-22(34)21(32)31-19(20(25)26)16-3-1-2-8-28-16;;;/h1-5,8-9,11,19-20,28H,6-7,10,12,27H2,(H-,29,30,33,34);3*1H. The van der Waals surface area contributed by atoms with Crippen LogP contribution in [-0.4, -0.2) is 28.8 Å². The van der Waals surface area contributed by atoms with Crippen LogP contribution >= 0.6 is 35.6 Å². The van der Waals surface area contributed by atoms with Crippen molar-refractivity contribution in [3.63, 3.8) is 0 Å². The Bertz CT molecular complexity index is 1200. The van der Waals surface area contributed by atoms with Crippen LogP contribution in [0.15, 0.2) is 53.6 Å². The number of nitrogens with two attached hydrogens (primary N) is 1. The quantitative estimate of drug-likeness (QED) is 0.125. The van der Waals surface area contributed by atoms with Gasteiger partial charge in [0, 0.05) is 17.6 Å². The predicted octanol–water partition coefficient (Wildman–Crippen LogP) is -2.76. The van der Waals surface area contributed by atoms with Gasteiger partial charge in [-0.05, 0) is 36.2 Å². The highest BCUT2D eigenvalue weighted by molar-refractivity contribution is 6.30. The van der Waals surface area contributed by atoms with E-state index in [2.05, 4.69) is 20.6 Å². The normalized spacial score (nSPS) is 11.0. The number of carbonyl (C=O) groups excluding carboxylic acids is 1. The Kier molecular flexibility index (Phi) is 15.6. The van der Waals surface area contributed by atoms with Gasteiger partial charge in [0.25, 0.3) is 12.3 Å². The second-order valence-electron chi connectivity index (χ2n) is 7.41. The fourth-order valence-electron chi connectivity index (χ4n) is 3.39. The maximum absolute atomic E-state index is 13.8. The van der Waals surface area contributed by atoms with Crippen LogP contribution in [0.25, 0.3) is 0 Å². The monoisotopic (exact) mass is 618 g/mol. The van der Waals surface area contributed by atoms with Gasteiger partial charge in [-0.2, -0.15) is 0 Å². The van der Waals surface area contributed by atoms with Gasteiger partial charge in [-0.3, -0.25) is 14.6 Å². The summed E-state index contributed by atoms with van der Waals surface area (Å²) in [6.45, 7) is 0.268. The number of H-pyrrole nitrogens is 2. The number of halogens is 7. The number of aromatic amines is 2. The van der Waals surface area contributed by atoms with Gasteiger partial charge in [-0.1, -0.05) is 29.3 Å². The van der Waals surface area contributed by atoms with Crippen LogP contribution in [0.2, 0.25) is 10.2 Å². The van der Waals surface area contributed by atoms with Crippen molar-refractivity contribution < 1.29 is 43.0 Å². The fourth-order valence-corrected chi connectivity index (χ4v) is 3.79. The first-order valence-corrected chi connectivity index (χ1v) is 11.1. The first-order valence-electron chi connectivity index (χ1n) is 10.4. The van der Waals surface area contributed by atoms with Crippen molar-refractivity contribution in [3.8, 4) is 0 Å². The number of nitrogens with zero attached hydrogens (tertiary/aromatic N) is 1. The molecular weight excluding hydrogens is 596 g/mol. The molecule has 15 heteroatoms. The zero-order chi connectivity index (χ0) is 24.7. The van der Waals surface area contributed by atoms with E-state index in [9.17, 15) is 18.4 Å². The van der Waals surface area contributed by atoms with Gasteiger partial charge >= 0.3 is 11.4 Å². The highest BCUT2D eigenvalue weighted by atomic mass is 35.5. The predicted molar refractivity (Wildman–Crippen MR) is 133 cm³/mol. The first-order chi connectivity index (χ1) is 16.3. The number of alkyl halides is 2. The third-order valence-electron chi connectivity index (χ3n) is 4.99. The molecule has 3 aromatic rings. The number of benzene rings is 1. The Balaban J connectivity index is 0.00000432. The summed E-state index contributed by atoms with van der Waals surface area (Å²) in [6, 6.07) is 8.50. The van der Waals surface area contributed by atoms with E-state index in [1.165, 1.54) is 23.0 Å². The van der Waals surface area contributed by atoms with Gasteiger partial charge in [-0.25, -0.2) is 18.7 Å². The number of pyridine rings is 1. The lowest BCUT2D eigenvalue weighted by Gasteiger charge is -2.13. The van der Waals surface area contributed by atoms with Crippen LogP contribution in [-0.2, 0) is 24.3 Å². The minimum atomic E-state index is -2.85. The minimum Gasteiger partial charge on any atom is -1.00 e. The molecule has 1 amide bonds. The molecule has 0 aliphatic heterocycles. The minimum absolute atomic E-state index is 0. The highest BCUT2D eigenvalue weighted by Gasteiger charge is 2.34. The third kappa shape index (κ3) is 9.88. The second-order valence-corrected chi connectivity index (χ2v) is 8.25. The van der Waals surface area contributed by atoms with Crippen LogP contribution < -0.4 is 51.3 Å². The Morgan fingerprint density at radius 1 is 1.19 bits per heavy atom. The van der Waals surface area contributed by atoms with E-state index in [1.54, 1.807) is 24.3 Å². The van der Waals surface area contributed by atoms with Crippen LogP contribution in [0.3, 0.4) is 0 Å². The molecular formula is C22H25Cl5F2N6O2. The maximum Gasteiger partial charge on any atom is 0.343 e. The molecule has 0 aliphatic carbocycles. The van der Waals surface area contributed by atoms with Gasteiger partial charge in [0.2, 0.25) is 6.04 Å². The summed E-state index contributed by atoms with van der Waals surface area (Å²) >= 11 is 12.0. The molecule has 8 nitrogen and oxygen atoms in total. The average Bonchev–Trinajstić information content (AvgIpc) is 2.79. The number of hydrogen-bond donors (Lipinski definition) is 5. The SMILES string of the molecule is Cl.NCCc1ccc(Cl)cc1CNC(=O)C[n+]1cc(Cl)[nH]c(=O)c1NC([c+]1cccc[nH]1)C(F)F.[Cl-].[Cl-]. The summed E-state index contributed by atoms with van der Waals surface area (Å²) in [5.74, 6) is -0.707. The number of amides is 1. The Morgan fingerprint density at radius 3 is 2.54 bits per heavy atom. The van der Waals surface area contributed by atoms with E-state index in [0.717, 1.165) is 11.1 Å². The zero-order valence-corrected chi connectivity index (χ0v) is 23.0. The van der Waals surface area contributed by atoms with Crippen molar-refractivity contribution >= 4 is 47.3 Å². The van der Waals surface area contributed by atoms with Crippen molar-refractivity contribution in [1.29, 1.82) is 0 Å². The fraction of sp³-hybridized carbons (Fsp3) is 0.273. The Morgan fingerprint density at radius 2 is 1.92 bits per heavy atom. The molecule has 2 heterocycles. The lowest BCUT2D eigenvalue weighted by atomic mass is 10.0. The molecule has 1 aromatic carbocycles. The molecule has 6 N–H and O–H groups in total. The number of aromatic nitrogens is 3. The van der Waals surface area contributed by atoms with Crippen molar-refractivity contribution in [2.45, 2.75) is 32.0 Å². The molecule has 0 radical (unpaired) electrons. The molecule has 0 saturated heterocycles. The van der Waals surface area contributed by atoms with Crippen LogP contribution in [0.4, 0.5) is 14.6 Å². The molecule has 1 atom stereocenters. The van der Waals surface area contributed by atoms with Gasteiger partial charge in [0.05, 0.1) is 12.1 Å². The summed E-state index contributed by atoms with van der Waals surface area (Å²) in [4.78, 5) is 30.3. The van der Waals surface area contributed by atoms with Crippen LogP contribution in [0.1, 0.15) is 22.9 Å². The number of carbonyl (C=O) groups is 1. The average molecular weight is 621 g/mol. The van der Waals surface area contributed by atoms with Crippen molar-refractivity contribution in [2.75, 3.05) is 11.9 Å². The summed E-state index contributed by atoms with van der Waals surface area (Å²) in [6.07, 6.45) is 0.538. The summed E-state index contributed by atoms with van der Waals surface area (Å²) in [7, 11) is 0. The molecule has 0 bridgehead atoms. The number of hydrogen-bond acceptors (Lipinski definition) is 4. The van der Waals surface area contributed by atoms with Gasteiger partial charge in [-0.15, -0.1) is 12.4 Å². The smallest absolute Gasteiger partial charge is 0.343 e. The molecule has 0 aliphatic rings. The van der Waals surface area contributed by atoms with E-state index < -0.39 is 23.9 Å². The summed E-state index contributed by atoms with van der Waals surface area (Å²) < 4.78 is 28.8. The maximum atomic E-state index is 13.8. The Hall–Kier alpha value is -2.21. The van der Waals surface area contributed by atoms with Crippen molar-refractivity contribution in [1.82, 2.24) is 15.3 Å². The Labute approximate surface area is 240 Å². The van der Waals surface area contributed by atoms with E-state index >= 15 is 0 Å².